The molecule has 0 saturated carbocycles. The van der Waals surface area contributed by atoms with Gasteiger partial charge in [-0.15, -0.1) is 0 Å². The van der Waals surface area contributed by atoms with E-state index in [-0.39, 0.29) is 5.91 Å². The molecular weight excluding hydrogens is 226 g/mol. The fraction of sp³-hybridized carbons (Fsp3) is 0.286. The van der Waals surface area contributed by atoms with E-state index in [1.807, 2.05) is 43.5 Å². The lowest BCUT2D eigenvalue weighted by Gasteiger charge is -2.21. The number of aromatic nitrogens is 2. The molecule has 0 spiro atoms. The summed E-state index contributed by atoms with van der Waals surface area (Å²) in [6.07, 6.45) is 3.47. The molecule has 18 heavy (non-hydrogen) atoms. The van der Waals surface area contributed by atoms with Crippen molar-refractivity contribution in [2.24, 2.45) is 5.73 Å². The van der Waals surface area contributed by atoms with Crippen LogP contribution in [0.25, 0.3) is 0 Å². The smallest absolute Gasteiger partial charge is 0.245 e. The van der Waals surface area contributed by atoms with E-state index in [1.54, 1.807) is 12.4 Å². The Labute approximate surface area is 106 Å². The van der Waals surface area contributed by atoms with E-state index in [1.165, 1.54) is 0 Å². The first kappa shape index (κ1) is 12.4. The van der Waals surface area contributed by atoms with Crippen molar-refractivity contribution in [3.8, 4) is 0 Å². The molecule has 1 aromatic heterocycles. The van der Waals surface area contributed by atoms with Crippen molar-refractivity contribution in [1.82, 2.24) is 9.55 Å². The maximum Gasteiger partial charge on any atom is 0.245 e. The topological polar surface area (TPSA) is 60.9 Å². The average molecular weight is 243 g/mol. The molecule has 0 aliphatic heterocycles. The largest absolute Gasteiger partial charge is 0.368 e. The van der Waals surface area contributed by atoms with Gasteiger partial charge in [0.25, 0.3) is 0 Å². The Hall–Kier alpha value is -2.10. The van der Waals surface area contributed by atoms with E-state index in [9.17, 15) is 4.79 Å². The van der Waals surface area contributed by atoms with Crippen LogP contribution in [0.2, 0.25) is 0 Å². The van der Waals surface area contributed by atoms with Gasteiger partial charge in [0.15, 0.2) is 0 Å². The summed E-state index contributed by atoms with van der Waals surface area (Å²) >= 11 is 0. The normalized spacial score (nSPS) is 12.4. The van der Waals surface area contributed by atoms with Crippen molar-refractivity contribution in [3.63, 3.8) is 0 Å². The zero-order valence-corrected chi connectivity index (χ0v) is 10.8. The first-order valence-corrected chi connectivity index (χ1v) is 5.87. The summed E-state index contributed by atoms with van der Waals surface area (Å²) in [5.74, 6) is 0.412. The van der Waals surface area contributed by atoms with Gasteiger partial charge in [0, 0.05) is 12.4 Å². The van der Waals surface area contributed by atoms with Crippen LogP contribution in [0.3, 0.4) is 0 Å². The van der Waals surface area contributed by atoms with Crippen LogP contribution in [-0.2, 0) is 4.79 Å². The third-order valence-electron chi connectivity index (χ3n) is 3.23. The van der Waals surface area contributed by atoms with Crippen LogP contribution in [0.5, 0.6) is 0 Å². The molecule has 0 radical (unpaired) electrons. The van der Waals surface area contributed by atoms with Gasteiger partial charge in [0.2, 0.25) is 5.91 Å². The Bertz CT molecular complexity index is 566. The number of carbonyl (C=O) groups excluding carboxylic acids is 1. The minimum atomic E-state index is -0.492. The summed E-state index contributed by atoms with van der Waals surface area (Å²) in [5.41, 5.74) is 8.67. The fourth-order valence-electron chi connectivity index (χ4n) is 2.34. The van der Waals surface area contributed by atoms with Gasteiger partial charge in [0.1, 0.15) is 11.9 Å². The second-order valence-electron chi connectivity index (χ2n) is 4.49. The second kappa shape index (κ2) is 4.64. The molecule has 0 fully saturated rings. The minimum absolute atomic E-state index is 0.367. The maximum atomic E-state index is 11.8. The third kappa shape index (κ3) is 2.01. The van der Waals surface area contributed by atoms with E-state index in [4.69, 9.17) is 5.73 Å². The molecule has 0 bridgehead atoms. The van der Waals surface area contributed by atoms with Crippen LogP contribution in [-0.4, -0.2) is 15.5 Å². The molecular formula is C14H17N3O. The van der Waals surface area contributed by atoms with Gasteiger partial charge in [-0.05, 0) is 37.5 Å². The third-order valence-corrected chi connectivity index (χ3v) is 3.23. The van der Waals surface area contributed by atoms with Crippen molar-refractivity contribution >= 4 is 5.91 Å². The molecule has 1 atom stereocenters. The van der Waals surface area contributed by atoms with Crippen LogP contribution in [0.1, 0.15) is 28.6 Å². The predicted molar refractivity (Wildman–Crippen MR) is 70.2 cm³/mol. The molecule has 1 heterocycles. The Kier molecular flexibility index (Phi) is 3.19. The number of amides is 1. The Morgan fingerprint density at radius 3 is 2.33 bits per heavy atom. The van der Waals surface area contributed by atoms with E-state index in [0.717, 1.165) is 22.5 Å². The number of hydrogen-bond donors (Lipinski definition) is 1. The van der Waals surface area contributed by atoms with Gasteiger partial charge in [-0.2, -0.15) is 0 Å². The van der Waals surface area contributed by atoms with Crippen LogP contribution in [0, 0.1) is 20.8 Å². The zero-order chi connectivity index (χ0) is 13.3. The monoisotopic (exact) mass is 243 g/mol. The maximum absolute atomic E-state index is 11.8. The molecule has 0 aliphatic carbocycles. The summed E-state index contributed by atoms with van der Waals surface area (Å²) in [7, 11) is 0. The minimum Gasteiger partial charge on any atom is -0.368 e. The van der Waals surface area contributed by atoms with Crippen molar-refractivity contribution in [3.05, 3.63) is 53.1 Å². The standard InChI is InChI=1S/C14H17N3O/c1-9-5-4-6-10(2)12(9)13(14(15)18)17-8-7-16-11(17)3/h4-8,13H,1-3H3,(H2,15,18). The van der Waals surface area contributed by atoms with Gasteiger partial charge < -0.3 is 10.3 Å². The number of nitrogens with two attached hydrogens (primary N) is 1. The highest BCUT2D eigenvalue weighted by Gasteiger charge is 2.24. The van der Waals surface area contributed by atoms with Crippen molar-refractivity contribution < 1.29 is 4.79 Å². The lowest BCUT2D eigenvalue weighted by molar-refractivity contribution is -0.120. The first-order valence-electron chi connectivity index (χ1n) is 5.87. The van der Waals surface area contributed by atoms with Gasteiger partial charge in [-0.1, -0.05) is 18.2 Å². The van der Waals surface area contributed by atoms with Crippen molar-refractivity contribution in [2.45, 2.75) is 26.8 Å². The van der Waals surface area contributed by atoms with Crippen molar-refractivity contribution in [1.29, 1.82) is 0 Å². The molecule has 4 heteroatoms. The van der Waals surface area contributed by atoms with Gasteiger partial charge >= 0.3 is 0 Å². The Morgan fingerprint density at radius 2 is 1.89 bits per heavy atom. The molecule has 0 aliphatic rings. The molecule has 0 saturated heterocycles. The molecule has 1 aromatic carbocycles. The van der Waals surface area contributed by atoms with E-state index in [2.05, 4.69) is 4.98 Å². The highest BCUT2D eigenvalue weighted by Crippen LogP contribution is 2.26. The quantitative estimate of drug-likeness (QED) is 0.894. The number of carbonyl (C=O) groups is 1. The fourth-order valence-corrected chi connectivity index (χ4v) is 2.34. The number of benzene rings is 1. The Morgan fingerprint density at radius 1 is 1.28 bits per heavy atom. The first-order chi connectivity index (χ1) is 8.52. The van der Waals surface area contributed by atoms with Crippen molar-refractivity contribution in [2.75, 3.05) is 0 Å². The number of aryl methyl sites for hydroxylation is 3. The van der Waals surface area contributed by atoms with E-state index < -0.39 is 6.04 Å². The summed E-state index contributed by atoms with van der Waals surface area (Å²) in [6.45, 7) is 5.85. The number of primary amides is 1. The second-order valence-corrected chi connectivity index (χ2v) is 4.49. The highest BCUT2D eigenvalue weighted by molar-refractivity contribution is 5.82. The molecule has 2 rings (SSSR count). The average Bonchev–Trinajstić information content (AvgIpc) is 2.69. The van der Waals surface area contributed by atoms with E-state index in [0.29, 0.717) is 0 Å². The molecule has 94 valence electrons. The summed E-state index contributed by atoms with van der Waals surface area (Å²) in [4.78, 5) is 16.0. The number of imidazole rings is 1. The van der Waals surface area contributed by atoms with Crippen LogP contribution < -0.4 is 5.73 Å². The summed E-state index contributed by atoms with van der Waals surface area (Å²) < 4.78 is 1.82. The number of nitrogens with zero attached hydrogens (tertiary/aromatic N) is 2. The summed E-state index contributed by atoms with van der Waals surface area (Å²) in [5, 5.41) is 0. The molecule has 4 nitrogen and oxygen atoms in total. The molecule has 2 aromatic rings. The van der Waals surface area contributed by atoms with Gasteiger partial charge in [-0.25, -0.2) is 4.98 Å². The van der Waals surface area contributed by atoms with Gasteiger partial charge in [0.05, 0.1) is 0 Å². The van der Waals surface area contributed by atoms with Crippen LogP contribution in [0.15, 0.2) is 30.6 Å². The highest BCUT2D eigenvalue weighted by atomic mass is 16.1. The van der Waals surface area contributed by atoms with E-state index >= 15 is 0 Å². The Balaban J connectivity index is 2.63. The molecule has 2 N–H and O–H groups in total. The predicted octanol–water partition coefficient (Wildman–Crippen LogP) is 1.88. The number of rotatable bonds is 3. The summed E-state index contributed by atoms with van der Waals surface area (Å²) in [6, 6.07) is 5.47. The van der Waals surface area contributed by atoms with Gasteiger partial charge in [-0.3, -0.25) is 4.79 Å². The van der Waals surface area contributed by atoms with Crippen LogP contribution >= 0.6 is 0 Å². The zero-order valence-electron chi connectivity index (χ0n) is 10.8. The number of hydrogen-bond acceptors (Lipinski definition) is 2. The molecule has 1 unspecified atom stereocenters. The van der Waals surface area contributed by atoms with Crippen LogP contribution in [0.4, 0.5) is 0 Å². The lowest BCUT2D eigenvalue weighted by atomic mass is 9.95. The molecule has 1 amide bonds. The SMILES string of the molecule is Cc1cccc(C)c1C(C(N)=O)n1ccnc1C. The lowest BCUT2D eigenvalue weighted by Crippen LogP contribution is -2.29.